The van der Waals surface area contributed by atoms with Gasteiger partial charge >= 0.3 is 0 Å². The molecular weight excluding hydrogens is 250 g/mol. The molecule has 2 rings (SSSR count). The van der Waals surface area contributed by atoms with Crippen LogP contribution in [0, 0.1) is 23.0 Å². The molecule has 1 heterocycles. The quantitative estimate of drug-likeness (QED) is 0.842. The van der Waals surface area contributed by atoms with Crippen LogP contribution in [0.2, 0.25) is 0 Å². The number of rotatable bonds is 5. The summed E-state index contributed by atoms with van der Waals surface area (Å²) < 4.78 is 28.6. The number of nitrogens with zero attached hydrogens (tertiary/aromatic N) is 3. The van der Waals surface area contributed by atoms with Crippen molar-refractivity contribution < 1.29 is 8.78 Å². The lowest BCUT2D eigenvalue weighted by atomic mass is 10.2. The Bertz CT molecular complexity index is 587. The molecule has 0 aliphatic rings. The number of aromatic nitrogens is 2. The predicted molar refractivity (Wildman–Crippen MR) is 66.4 cm³/mol. The van der Waals surface area contributed by atoms with E-state index in [1.165, 1.54) is 12.1 Å². The summed E-state index contributed by atoms with van der Waals surface area (Å²) in [5.74, 6) is -2.13. The number of nitriles is 1. The van der Waals surface area contributed by atoms with Crippen molar-refractivity contribution in [1.82, 2.24) is 9.78 Å². The topological polar surface area (TPSA) is 53.6 Å². The lowest BCUT2D eigenvalue weighted by Gasteiger charge is -2.08. The van der Waals surface area contributed by atoms with E-state index >= 15 is 0 Å². The van der Waals surface area contributed by atoms with Crippen LogP contribution in [0.25, 0.3) is 0 Å². The van der Waals surface area contributed by atoms with E-state index < -0.39 is 11.6 Å². The first-order valence-corrected chi connectivity index (χ1v) is 5.82. The van der Waals surface area contributed by atoms with Crippen LogP contribution in [0.5, 0.6) is 0 Å². The molecule has 6 heteroatoms. The summed E-state index contributed by atoms with van der Waals surface area (Å²) >= 11 is 0. The second-order valence-corrected chi connectivity index (χ2v) is 3.95. The molecule has 0 amide bonds. The first kappa shape index (κ1) is 13.0. The maximum Gasteiger partial charge on any atom is 0.183 e. The zero-order chi connectivity index (χ0) is 13.7. The highest BCUT2D eigenvalue weighted by atomic mass is 19.2. The Kier molecular flexibility index (Phi) is 4.08. The average Bonchev–Trinajstić information content (AvgIpc) is 2.92. The number of anilines is 1. The van der Waals surface area contributed by atoms with Gasteiger partial charge in [0, 0.05) is 25.5 Å². The van der Waals surface area contributed by atoms with E-state index in [9.17, 15) is 8.78 Å². The van der Waals surface area contributed by atoms with Crippen molar-refractivity contribution in [3.05, 3.63) is 47.8 Å². The van der Waals surface area contributed by atoms with Gasteiger partial charge in [0.05, 0.1) is 11.3 Å². The maximum absolute atomic E-state index is 13.5. The van der Waals surface area contributed by atoms with Crippen molar-refractivity contribution in [1.29, 1.82) is 5.26 Å². The molecule has 2 aromatic rings. The smallest absolute Gasteiger partial charge is 0.183 e. The van der Waals surface area contributed by atoms with Crippen LogP contribution >= 0.6 is 0 Å². The van der Waals surface area contributed by atoms with Gasteiger partial charge in [-0.2, -0.15) is 10.4 Å². The van der Waals surface area contributed by atoms with Crippen molar-refractivity contribution in [3.63, 3.8) is 0 Å². The highest BCUT2D eigenvalue weighted by Crippen LogP contribution is 2.19. The fourth-order valence-electron chi connectivity index (χ4n) is 1.67. The van der Waals surface area contributed by atoms with Crippen LogP contribution in [0.1, 0.15) is 12.0 Å². The molecule has 0 aliphatic heterocycles. The number of hydrogen-bond donors (Lipinski definition) is 1. The molecule has 0 spiro atoms. The maximum atomic E-state index is 13.5. The molecule has 0 radical (unpaired) electrons. The van der Waals surface area contributed by atoms with Gasteiger partial charge in [-0.05, 0) is 24.6 Å². The van der Waals surface area contributed by atoms with E-state index in [1.807, 2.05) is 12.3 Å². The Labute approximate surface area is 109 Å². The molecule has 0 unspecified atom stereocenters. The SMILES string of the molecule is N#Cc1ccc(NCCCn2cccn2)c(F)c1F. The van der Waals surface area contributed by atoms with E-state index in [1.54, 1.807) is 16.9 Å². The van der Waals surface area contributed by atoms with Crippen LogP contribution < -0.4 is 5.32 Å². The molecule has 1 aromatic heterocycles. The van der Waals surface area contributed by atoms with Gasteiger partial charge < -0.3 is 5.32 Å². The average molecular weight is 262 g/mol. The number of aryl methyl sites for hydroxylation is 1. The van der Waals surface area contributed by atoms with Gasteiger partial charge in [0.2, 0.25) is 0 Å². The summed E-state index contributed by atoms with van der Waals surface area (Å²) in [7, 11) is 0. The number of nitrogens with one attached hydrogen (secondary N) is 1. The lowest BCUT2D eigenvalue weighted by molar-refractivity contribution is 0.508. The Morgan fingerprint density at radius 2 is 2.16 bits per heavy atom. The second kappa shape index (κ2) is 5.96. The molecule has 0 atom stereocenters. The third-order valence-corrected chi connectivity index (χ3v) is 2.64. The molecule has 0 bridgehead atoms. The van der Waals surface area contributed by atoms with Crippen molar-refractivity contribution in [2.24, 2.45) is 0 Å². The molecule has 0 fully saturated rings. The fraction of sp³-hybridized carbons (Fsp3) is 0.231. The highest BCUT2D eigenvalue weighted by Gasteiger charge is 2.12. The minimum atomic E-state index is -1.11. The zero-order valence-electron chi connectivity index (χ0n) is 10.1. The summed E-state index contributed by atoms with van der Waals surface area (Å²) in [5.41, 5.74) is -0.225. The monoisotopic (exact) mass is 262 g/mol. The summed E-state index contributed by atoms with van der Waals surface area (Å²) in [6.45, 7) is 1.18. The van der Waals surface area contributed by atoms with Crippen LogP contribution in [0.4, 0.5) is 14.5 Å². The van der Waals surface area contributed by atoms with Crippen LogP contribution in [-0.2, 0) is 6.54 Å². The molecule has 1 aromatic carbocycles. The fourth-order valence-corrected chi connectivity index (χ4v) is 1.67. The van der Waals surface area contributed by atoms with Crippen LogP contribution in [0.15, 0.2) is 30.6 Å². The van der Waals surface area contributed by atoms with E-state index in [0.717, 1.165) is 6.42 Å². The van der Waals surface area contributed by atoms with Gasteiger partial charge in [-0.1, -0.05) is 0 Å². The van der Waals surface area contributed by atoms with Gasteiger partial charge in [0.1, 0.15) is 6.07 Å². The lowest BCUT2D eigenvalue weighted by Crippen LogP contribution is -2.09. The van der Waals surface area contributed by atoms with E-state index in [4.69, 9.17) is 5.26 Å². The van der Waals surface area contributed by atoms with Crippen molar-refractivity contribution in [2.45, 2.75) is 13.0 Å². The zero-order valence-corrected chi connectivity index (χ0v) is 10.1. The largest absolute Gasteiger partial charge is 0.383 e. The highest BCUT2D eigenvalue weighted by molar-refractivity contribution is 5.49. The van der Waals surface area contributed by atoms with E-state index in [2.05, 4.69) is 10.4 Å². The van der Waals surface area contributed by atoms with Gasteiger partial charge in [0.15, 0.2) is 11.6 Å². The molecule has 4 nitrogen and oxygen atoms in total. The van der Waals surface area contributed by atoms with Gasteiger partial charge in [-0.3, -0.25) is 4.68 Å². The molecule has 98 valence electrons. The Balaban J connectivity index is 1.90. The molecule has 1 N–H and O–H groups in total. The Morgan fingerprint density at radius 1 is 1.32 bits per heavy atom. The van der Waals surface area contributed by atoms with E-state index in [-0.39, 0.29) is 11.3 Å². The third-order valence-electron chi connectivity index (χ3n) is 2.64. The third kappa shape index (κ3) is 3.07. The predicted octanol–water partition coefficient (Wildman–Crippen LogP) is 2.54. The molecule has 0 saturated carbocycles. The number of halogens is 2. The van der Waals surface area contributed by atoms with Crippen molar-refractivity contribution >= 4 is 5.69 Å². The first-order chi connectivity index (χ1) is 9.22. The first-order valence-electron chi connectivity index (χ1n) is 5.82. The van der Waals surface area contributed by atoms with Crippen LogP contribution in [-0.4, -0.2) is 16.3 Å². The molecule has 19 heavy (non-hydrogen) atoms. The van der Waals surface area contributed by atoms with Gasteiger partial charge in [-0.15, -0.1) is 0 Å². The normalized spacial score (nSPS) is 10.2. The van der Waals surface area contributed by atoms with Gasteiger partial charge in [0.25, 0.3) is 0 Å². The Morgan fingerprint density at radius 3 is 2.84 bits per heavy atom. The van der Waals surface area contributed by atoms with Gasteiger partial charge in [-0.25, -0.2) is 8.78 Å². The summed E-state index contributed by atoms with van der Waals surface area (Å²) in [6.07, 6.45) is 4.24. The molecular formula is C13H12F2N4. The molecule has 0 aliphatic carbocycles. The van der Waals surface area contributed by atoms with E-state index in [0.29, 0.717) is 13.1 Å². The minimum absolute atomic E-state index is 0.0666. The standard InChI is InChI=1S/C13H12F2N4/c14-12-10(9-16)3-4-11(13(12)15)17-5-1-7-19-8-2-6-18-19/h2-4,6,8,17H,1,5,7H2. The van der Waals surface area contributed by atoms with Crippen LogP contribution in [0.3, 0.4) is 0 Å². The summed E-state index contributed by atoms with van der Waals surface area (Å²) in [4.78, 5) is 0. The Hall–Kier alpha value is -2.42. The minimum Gasteiger partial charge on any atom is -0.383 e. The number of hydrogen-bond acceptors (Lipinski definition) is 3. The second-order valence-electron chi connectivity index (χ2n) is 3.95. The summed E-state index contributed by atoms with van der Waals surface area (Å²) in [5, 5.41) is 15.4. The van der Waals surface area contributed by atoms with Crippen molar-refractivity contribution in [3.8, 4) is 6.07 Å². The summed E-state index contributed by atoms with van der Waals surface area (Å²) in [6, 6.07) is 6.04. The number of benzene rings is 1. The van der Waals surface area contributed by atoms with Crippen molar-refractivity contribution in [2.75, 3.05) is 11.9 Å². The molecule has 0 saturated heterocycles.